The number of aromatic nitrogens is 4. The van der Waals surface area contributed by atoms with Crippen molar-refractivity contribution in [1.29, 1.82) is 0 Å². The molecule has 3 rings (SSSR count). The molecule has 0 aliphatic carbocycles. The van der Waals surface area contributed by atoms with Crippen molar-refractivity contribution in [3.8, 4) is 5.69 Å². The number of carbonyl (C=O) groups excluding carboxylic acids is 3. The highest BCUT2D eigenvalue weighted by Crippen LogP contribution is 2.14. The number of amides is 2. The van der Waals surface area contributed by atoms with Crippen LogP contribution >= 0.6 is 0 Å². The second-order valence-electron chi connectivity index (χ2n) is 6.05. The Labute approximate surface area is 160 Å². The average molecular weight is 378 g/mol. The summed E-state index contributed by atoms with van der Waals surface area (Å²) in [5, 5.41) is 2.60. The van der Waals surface area contributed by atoms with Gasteiger partial charge in [0.15, 0.2) is 0 Å². The van der Waals surface area contributed by atoms with Crippen LogP contribution in [0.1, 0.15) is 21.9 Å². The van der Waals surface area contributed by atoms with Gasteiger partial charge in [0.05, 0.1) is 11.9 Å². The number of nitrogens with zero attached hydrogens (tertiary/aromatic N) is 4. The summed E-state index contributed by atoms with van der Waals surface area (Å²) in [6, 6.07) is 5.74. The maximum atomic E-state index is 12.9. The van der Waals surface area contributed by atoms with Gasteiger partial charge in [0.25, 0.3) is 11.8 Å². The quantitative estimate of drug-likeness (QED) is 0.571. The van der Waals surface area contributed by atoms with E-state index in [2.05, 4.69) is 20.3 Å². The highest BCUT2D eigenvalue weighted by Gasteiger charge is 2.27. The molecule has 0 spiro atoms. The lowest BCUT2D eigenvalue weighted by molar-refractivity contribution is -0.137. The van der Waals surface area contributed by atoms with Crippen LogP contribution in [0.25, 0.3) is 5.69 Å². The molecule has 0 aliphatic heterocycles. The van der Waals surface area contributed by atoms with E-state index in [4.69, 9.17) is 5.73 Å². The number of pyridine rings is 2. The fraction of sp³-hybridized carbons (Fsp3) is 0.158. The van der Waals surface area contributed by atoms with E-state index in [0.717, 1.165) is 5.56 Å². The number of rotatable bonds is 7. The Hall–Kier alpha value is -3.88. The van der Waals surface area contributed by atoms with E-state index in [1.807, 2.05) is 0 Å². The van der Waals surface area contributed by atoms with Crippen LogP contribution in [0.4, 0.5) is 0 Å². The van der Waals surface area contributed by atoms with Gasteiger partial charge in [-0.15, -0.1) is 0 Å². The maximum absolute atomic E-state index is 12.9. The SMILES string of the molecule is Cc1ncc(C(=O)NC(Cc2ccncc2)C(=O)C(N)=O)n1-c1ccncc1. The van der Waals surface area contributed by atoms with Gasteiger partial charge in [-0.1, -0.05) is 0 Å². The topological polar surface area (TPSA) is 133 Å². The van der Waals surface area contributed by atoms with Gasteiger partial charge in [-0.25, -0.2) is 4.98 Å². The van der Waals surface area contributed by atoms with E-state index in [0.29, 0.717) is 11.5 Å². The Balaban J connectivity index is 1.89. The Morgan fingerprint density at radius 3 is 2.29 bits per heavy atom. The predicted octanol–water partition coefficient (Wildman–Crippen LogP) is 0.366. The van der Waals surface area contributed by atoms with Crippen LogP contribution in [0.15, 0.2) is 55.2 Å². The summed E-state index contributed by atoms with van der Waals surface area (Å²) in [7, 11) is 0. The lowest BCUT2D eigenvalue weighted by Gasteiger charge is -2.17. The van der Waals surface area contributed by atoms with Crippen LogP contribution in [0.5, 0.6) is 0 Å². The van der Waals surface area contributed by atoms with Crippen LogP contribution in [-0.2, 0) is 16.0 Å². The molecule has 0 aliphatic rings. The molecule has 0 saturated carbocycles. The van der Waals surface area contributed by atoms with Crippen LogP contribution < -0.4 is 11.1 Å². The van der Waals surface area contributed by atoms with Crippen LogP contribution in [0.3, 0.4) is 0 Å². The molecule has 1 atom stereocenters. The third kappa shape index (κ3) is 4.09. The molecule has 0 saturated heterocycles. The summed E-state index contributed by atoms with van der Waals surface area (Å²) in [6.07, 6.45) is 7.83. The first-order valence-corrected chi connectivity index (χ1v) is 8.45. The molecular formula is C19H18N6O3. The molecule has 0 aromatic carbocycles. The number of Topliss-reactive ketones (excluding diaryl/α,β-unsaturated/α-hetero) is 1. The van der Waals surface area contributed by atoms with Gasteiger partial charge in [0.1, 0.15) is 17.6 Å². The molecule has 0 bridgehead atoms. The Bertz CT molecular complexity index is 1000. The third-order valence-electron chi connectivity index (χ3n) is 4.15. The number of primary amides is 1. The minimum absolute atomic E-state index is 0.110. The van der Waals surface area contributed by atoms with Gasteiger partial charge in [-0.2, -0.15) is 0 Å². The number of nitrogens with two attached hydrogens (primary N) is 1. The molecule has 1 unspecified atom stereocenters. The summed E-state index contributed by atoms with van der Waals surface area (Å²) in [6.45, 7) is 1.75. The molecule has 0 radical (unpaired) electrons. The number of hydrogen-bond donors (Lipinski definition) is 2. The molecule has 0 fully saturated rings. The molecular weight excluding hydrogens is 360 g/mol. The molecule has 142 valence electrons. The fourth-order valence-corrected chi connectivity index (χ4v) is 2.79. The predicted molar refractivity (Wildman–Crippen MR) is 99.5 cm³/mol. The van der Waals surface area contributed by atoms with Crippen molar-refractivity contribution in [2.75, 3.05) is 0 Å². The van der Waals surface area contributed by atoms with Crippen LogP contribution in [-0.4, -0.2) is 43.2 Å². The molecule has 3 aromatic rings. The number of hydrogen-bond acceptors (Lipinski definition) is 6. The normalized spacial score (nSPS) is 11.6. The summed E-state index contributed by atoms with van der Waals surface area (Å²) in [5.41, 5.74) is 6.80. The zero-order valence-electron chi connectivity index (χ0n) is 15.1. The molecule has 3 heterocycles. The molecule has 28 heavy (non-hydrogen) atoms. The first-order valence-electron chi connectivity index (χ1n) is 8.45. The highest BCUT2D eigenvalue weighted by atomic mass is 16.2. The van der Waals surface area contributed by atoms with Gasteiger partial charge in [0.2, 0.25) is 5.78 Å². The average Bonchev–Trinajstić information content (AvgIpc) is 3.09. The van der Waals surface area contributed by atoms with Crippen molar-refractivity contribution in [2.45, 2.75) is 19.4 Å². The van der Waals surface area contributed by atoms with E-state index >= 15 is 0 Å². The van der Waals surface area contributed by atoms with Crippen molar-refractivity contribution in [1.82, 2.24) is 24.8 Å². The first-order chi connectivity index (χ1) is 13.5. The number of carbonyl (C=O) groups is 3. The second kappa shape index (κ2) is 8.21. The lowest BCUT2D eigenvalue weighted by Crippen LogP contribution is -2.47. The van der Waals surface area contributed by atoms with Crippen molar-refractivity contribution in [3.05, 3.63) is 72.3 Å². The van der Waals surface area contributed by atoms with E-state index < -0.39 is 23.6 Å². The number of aryl methyl sites for hydroxylation is 1. The van der Waals surface area contributed by atoms with Gasteiger partial charge in [-0.05, 0) is 36.8 Å². The standard InChI is InChI=1S/C19H18N6O3/c1-12-23-11-16(25(12)14-4-8-22-9-5-14)19(28)24-15(17(26)18(20)27)10-13-2-6-21-7-3-13/h2-9,11,15H,10H2,1H3,(H2,20,27)(H,24,28). The first kappa shape index (κ1) is 18.9. The molecule has 3 aromatic heterocycles. The number of nitrogens with one attached hydrogen (secondary N) is 1. The Morgan fingerprint density at radius 2 is 1.68 bits per heavy atom. The number of imidazole rings is 1. The minimum atomic E-state index is -1.11. The third-order valence-corrected chi connectivity index (χ3v) is 4.15. The van der Waals surface area contributed by atoms with Crippen molar-refractivity contribution < 1.29 is 14.4 Å². The summed E-state index contributed by atoms with van der Waals surface area (Å²) < 4.78 is 1.63. The van der Waals surface area contributed by atoms with Crippen molar-refractivity contribution in [3.63, 3.8) is 0 Å². The Kier molecular flexibility index (Phi) is 5.54. The Morgan fingerprint density at radius 1 is 1.07 bits per heavy atom. The largest absolute Gasteiger partial charge is 0.363 e. The van der Waals surface area contributed by atoms with Crippen molar-refractivity contribution >= 4 is 17.6 Å². The van der Waals surface area contributed by atoms with Crippen LogP contribution in [0, 0.1) is 6.92 Å². The lowest BCUT2D eigenvalue weighted by atomic mass is 10.0. The van der Waals surface area contributed by atoms with Gasteiger partial charge in [0, 0.05) is 31.2 Å². The molecule has 9 heteroatoms. The zero-order chi connectivity index (χ0) is 20.1. The fourth-order valence-electron chi connectivity index (χ4n) is 2.79. The van der Waals surface area contributed by atoms with E-state index in [1.165, 1.54) is 6.20 Å². The van der Waals surface area contributed by atoms with E-state index in [-0.39, 0.29) is 12.1 Å². The summed E-state index contributed by atoms with van der Waals surface area (Å²) >= 11 is 0. The van der Waals surface area contributed by atoms with Gasteiger partial charge in [-0.3, -0.25) is 28.9 Å². The summed E-state index contributed by atoms with van der Waals surface area (Å²) in [4.78, 5) is 48.6. The summed E-state index contributed by atoms with van der Waals surface area (Å²) in [5.74, 6) is -1.95. The number of ketones is 1. The van der Waals surface area contributed by atoms with Crippen molar-refractivity contribution in [2.24, 2.45) is 5.73 Å². The monoisotopic (exact) mass is 378 g/mol. The second-order valence-corrected chi connectivity index (χ2v) is 6.05. The van der Waals surface area contributed by atoms with E-state index in [1.54, 1.807) is 60.5 Å². The highest BCUT2D eigenvalue weighted by molar-refractivity contribution is 6.38. The maximum Gasteiger partial charge on any atom is 0.287 e. The minimum Gasteiger partial charge on any atom is -0.363 e. The zero-order valence-corrected chi connectivity index (χ0v) is 15.1. The van der Waals surface area contributed by atoms with Crippen LogP contribution in [0.2, 0.25) is 0 Å². The van der Waals surface area contributed by atoms with E-state index in [9.17, 15) is 14.4 Å². The molecule has 9 nitrogen and oxygen atoms in total. The van der Waals surface area contributed by atoms with Gasteiger partial charge < -0.3 is 11.1 Å². The molecule has 3 N–H and O–H groups in total. The van der Waals surface area contributed by atoms with Gasteiger partial charge >= 0.3 is 0 Å². The molecule has 2 amide bonds. The smallest absolute Gasteiger partial charge is 0.287 e.